The van der Waals surface area contributed by atoms with Crippen LogP contribution in [0, 0.1) is 12.3 Å². The molecule has 1 aliphatic heterocycles. The maximum atomic E-state index is 5.59. The molecule has 0 amide bonds. The number of rotatable bonds is 4. The van der Waals surface area contributed by atoms with Crippen LogP contribution in [0.1, 0.15) is 18.5 Å². The van der Waals surface area contributed by atoms with E-state index in [1.807, 2.05) is 18.2 Å². The van der Waals surface area contributed by atoms with Gasteiger partial charge in [0.25, 0.3) is 0 Å². The first-order valence-corrected chi connectivity index (χ1v) is 5.41. The van der Waals surface area contributed by atoms with Gasteiger partial charge in [-0.1, -0.05) is 12.8 Å². The largest absolute Gasteiger partial charge is 0.491 e. The standard InChI is InChI=1S/C13H15NO2/c1-3-7-15-10-5-6-11-12(14-4-2)9-16-13(11)8-10/h1,5-6,8,12,14H,4,7,9H2,2H3. The summed E-state index contributed by atoms with van der Waals surface area (Å²) in [5.74, 6) is 4.09. The fraction of sp³-hybridized carbons (Fsp3) is 0.385. The highest BCUT2D eigenvalue weighted by atomic mass is 16.5. The van der Waals surface area contributed by atoms with E-state index in [1.165, 1.54) is 5.56 Å². The Morgan fingerprint density at radius 1 is 1.62 bits per heavy atom. The molecule has 0 saturated heterocycles. The molecular weight excluding hydrogens is 202 g/mol. The summed E-state index contributed by atoms with van der Waals surface area (Å²) in [6.45, 7) is 3.99. The number of likely N-dealkylation sites (N-methyl/N-ethyl adjacent to an activating group) is 1. The molecule has 2 rings (SSSR count). The smallest absolute Gasteiger partial charge is 0.148 e. The van der Waals surface area contributed by atoms with Crippen LogP contribution in [0.4, 0.5) is 0 Å². The van der Waals surface area contributed by atoms with Crippen molar-refractivity contribution in [1.82, 2.24) is 5.32 Å². The highest BCUT2D eigenvalue weighted by molar-refractivity contribution is 5.45. The predicted octanol–water partition coefficient (Wildman–Crippen LogP) is 1.74. The van der Waals surface area contributed by atoms with E-state index in [0.717, 1.165) is 18.0 Å². The number of nitrogens with one attached hydrogen (secondary N) is 1. The molecule has 3 heteroatoms. The lowest BCUT2D eigenvalue weighted by molar-refractivity contribution is 0.311. The first kappa shape index (κ1) is 10.8. The fourth-order valence-corrected chi connectivity index (χ4v) is 1.82. The molecule has 1 heterocycles. The van der Waals surface area contributed by atoms with Crippen molar-refractivity contribution in [2.75, 3.05) is 19.8 Å². The van der Waals surface area contributed by atoms with Crippen molar-refractivity contribution >= 4 is 0 Å². The molecule has 0 aliphatic carbocycles. The van der Waals surface area contributed by atoms with Crippen LogP contribution in [0.15, 0.2) is 18.2 Å². The molecule has 1 aromatic rings. The molecule has 0 radical (unpaired) electrons. The Bertz CT molecular complexity index is 409. The lowest BCUT2D eigenvalue weighted by Gasteiger charge is -2.09. The maximum Gasteiger partial charge on any atom is 0.148 e. The van der Waals surface area contributed by atoms with Crippen LogP contribution >= 0.6 is 0 Å². The Morgan fingerprint density at radius 3 is 3.25 bits per heavy atom. The van der Waals surface area contributed by atoms with Crippen molar-refractivity contribution in [3.8, 4) is 23.8 Å². The number of hydrogen-bond acceptors (Lipinski definition) is 3. The predicted molar refractivity (Wildman–Crippen MR) is 62.7 cm³/mol. The molecule has 0 bridgehead atoms. The summed E-state index contributed by atoms with van der Waals surface area (Å²) in [7, 11) is 0. The molecule has 0 spiro atoms. The zero-order valence-electron chi connectivity index (χ0n) is 9.32. The number of fused-ring (bicyclic) bond motifs is 1. The summed E-state index contributed by atoms with van der Waals surface area (Å²) in [5, 5.41) is 3.37. The van der Waals surface area contributed by atoms with E-state index in [2.05, 4.69) is 18.2 Å². The van der Waals surface area contributed by atoms with E-state index in [0.29, 0.717) is 12.6 Å². The van der Waals surface area contributed by atoms with E-state index in [1.54, 1.807) is 0 Å². The molecule has 1 N–H and O–H groups in total. The van der Waals surface area contributed by atoms with Crippen LogP contribution in [0.3, 0.4) is 0 Å². The van der Waals surface area contributed by atoms with Gasteiger partial charge in [-0.3, -0.25) is 0 Å². The first-order valence-electron chi connectivity index (χ1n) is 5.41. The second-order valence-electron chi connectivity index (χ2n) is 3.61. The minimum absolute atomic E-state index is 0.287. The van der Waals surface area contributed by atoms with Gasteiger partial charge in [-0.2, -0.15) is 0 Å². The van der Waals surface area contributed by atoms with E-state index in [4.69, 9.17) is 15.9 Å². The Kier molecular flexibility index (Phi) is 3.33. The number of benzene rings is 1. The van der Waals surface area contributed by atoms with E-state index in [-0.39, 0.29) is 6.61 Å². The molecule has 1 aliphatic rings. The third kappa shape index (κ3) is 2.12. The van der Waals surface area contributed by atoms with E-state index < -0.39 is 0 Å². The second-order valence-corrected chi connectivity index (χ2v) is 3.61. The Balaban J connectivity index is 2.13. The van der Waals surface area contributed by atoms with Crippen molar-refractivity contribution in [3.05, 3.63) is 23.8 Å². The molecule has 0 aromatic heterocycles. The van der Waals surface area contributed by atoms with E-state index in [9.17, 15) is 0 Å². The van der Waals surface area contributed by atoms with Gasteiger partial charge in [0.15, 0.2) is 0 Å². The molecule has 0 saturated carbocycles. The lowest BCUT2D eigenvalue weighted by Crippen LogP contribution is -2.21. The molecule has 1 atom stereocenters. The van der Waals surface area contributed by atoms with Crippen LogP contribution < -0.4 is 14.8 Å². The summed E-state index contributed by atoms with van der Waals surface area (Å²) in [5.41, 5.74) is 1.19. The molecular formula is C13H15NO2. The Morgan fingerprint density at radius 2 is 2.50 bits per heavy atom. The molecule has 1 aromatic carbocycles. The van der Waals surface area contributed by atoms with Gasteiger partial charge >= 0.3 is 0 Å². The van der Waals surface area contributed by atoms with Crippen LogP contribution in [0.25, 0.3) is 0 Å². The summed E-state index contributed by atoms with van der Waals surface area (Å²) >= 11 is 0. The van der Waals surface area contributed by atoms with Crippen LogP contribution in [0.2, 0.25) is 0 Å². The van der Waals surface area contributed by atoms with Gasteiger partial charge in [-0.15, -0.1) is 6.42 Å². The third-order valence-corrected chi connectivity index (χ3v) is 2.54. The number of hydrogen-bond donors (Lipinski definition) is 1. The quantitative estimate of drug-likeness (QED) is 0.779. The highest BCUT2D eigenvalue weighted by Gasteiger charge is 2.23. The zero-order valence-corrected chi connectivity index (χ0v) is 9.32. The lowest BCUT2D eigenvalue weighted by atomic mass is 10.1. The topological polar surface area (TPSA) is 30.5 Å². The third-order valence-electron chi connectivity index (χ3n) is 2.54. The normalized spacial score (nSPS) is 17.4. The second kappa shape index (κ2) is 4.91. The van der Waals surface area contributed by atoms with Gasteiger partial charge in [-0.25, -0.2) is 0 Å². The summed E-state index contributed by atoms with van der Waals surface area (Å²) < 4.78 is 10.9. The Hall–Kier alpha value is -1.66. The Labute approximate surface area is 95.8 Å². The number of ether oxygens (including phenoxy) is 2. The SMILES string of the molecule is C#CCOc1ccc2c(c1)OCC2NCC. The van der Waals surface area contributed by atoms with Crippen molar-refractivity contribution < 1.29 is 9.47 Å². The fourth-order valence-electron chi connectivity index (χ4n) is 1.82. The van der Waals surface area contributed by atoms with Crippen molar-refractivity contribution in [3.63, 3.8) is 0 Å². The minimum Gasteiger partial charge on any atom is -0.491 e. The van der Waals surface area contributed by atoms with Crippen molar-refractivity contribution in [2.45, 2.75) is 13.0 Å². The summed E-state index contributed by atoms with van der Waals surface area (Å²) in [4.78, 5) is 0. The van der Waals surface area contributed by atoms with Gasteiger partial charge < -0.3 is 14.8 Å². The monoisotopic (exact) mass is 217 g/mol. The van der Waals surface area contributed by atoms with Crippen molar-refractivity contribution in [2.24, 2.45) is 0 Å². The molecule has 3 nitrogen and oxygen atoms in total. The number of terminal acetylenes is 1. The molecule has 84 valence electrons. The summed E-state index contributed by atoms with van der Waals surface area (Å²) in [6, 6.07) is 6.14. The van der Waals surface area contributed by atoms with Gasteiger partial charge in [-0.05, 0) is 18.7 Å². The van der Waals surface area contributed by atoms with Gasteiger partial charge in [0.1, 0.15) is 24.7 Å². The van der Waals surface area contributed by atoms with Crippen LogP contribution in [-0.4, -0.2) is 19.8 Å². The average Bonchev–Trinajstić information content (AvgIpc) is 2.70. The molecule has 1 unspecified atom stereocenters. The molecule has 0 fully saturated rings. The molecule has 16 heavy (non-hydrogen) atoms. The van der Waals surface area contributed by atoms with Crippen molar-refractivity contribution in [1.29, 1.82) is 0 Å². The average molecular weight is 217 g/mol. The zero-order chi connectivity index (χ0) is 11.4. The van der Waals surface area contributed by atoms with Gasteiger partial charge in [0.2, 0.25) is 0 Å². The van der Waals surface area contributed by atoms with E-state index >= 15 is 0 Å². The van der Waals surface area contributed by atoms with Gasteiger partial charge in [0.05, 0.1) is 6.04 Å². The highest BCUT2D eigenvalue weighted by Crippen LogP contribution is 2.35. The maximum absolute atomic E-state index is 5.59. The first-order chi connectivity index (χ1) is 7.85. The van der Waals surface area contributed by atoms with Crippen LogP contribution in [-0.2, 0) is 0 Å². The van der Waals surface area contributed by atoms with Gasteiger partial charge in [0, 0.05) is 11.6 Å². The summed E-state index contributed by atoms with van der Waals surface area (Å²) in [6.07, 6.45) is 5.13. The minimum atomic E-state index is 0.287. The van der Waals surface area contributed by atoms with Crippen LogP contribution in [0.5, 0.6) is 11.5 Å².